The molecule has 1 spiro atoms. The van der Waals surface area contributed by atoms with Gasteiger partial charge in [0.2, 0.25) is 5.91 Å². The van der Waals surface area contributed by atoms with Gasteiger partial charge in [0, 0.05) is 25.9 Å². The lowest BCUT2D eigenvalue weighted by Crippen LogP contribution is -2.33. The summed E-state index contributed by atoms with van der Waals surface area (Å²) in [6.07, 6.45) is 8.61. The van der Waals surface area contributed by atoms with Crippen LogP contribution in [-0.2, 0) is 9.59 Å². The molecule has 1 saturated heterocycles. The minimum atomic E-state index is -0.812. The molecule has 0 unspecified atom stereocenters. The Kier molecular flexibility index (Phi) is 4.25. The van der Waals surface area contributed by atoms with Crippen molar-refractivity contribution in [3.05, 3.63) is 0 Å². The number of amides is 1. The van der Waals surface area contributed by atoms with Crippen molar-refractivity contribution in [1.82, 2.24) is 4.90 Å². The number of nitrogens with zero attached hydrogens (tertiary/aromatic N) is 1. The summed E-state index contributed by atoms with van der Waals surface area (Å²) in [6.45, 7) is 1.80. The van der Waals surface area contributed by atoms with Crippen molar-refractivity contribution in [2.45, 2.75) is 57.8 Å². The fourth-order valence-electron chi connectivity index (χ4n) is 3.41. The number of carboxylic acid groups (broad SMARTS) is 1. The molecule has 1 N–H and O–H groups in total. The molecule has 2 aliphatic rings. The number of carboxylic acids is 1. The van der Waals surface area contributed by atoms with Gasteiger partial charge < -0.3 is 10.0 Å². The van der Waals surface area contributed by atoms with E-state index in [-0.39, 0.29) is 12.3 Å². The summed E-state index contributed by atoms with van der Waals surface area (Å²) in [7, 11) is 0. The highest BCUT2D eigenvalue weighted by atomic mass is 16.4. The van der Waals surface area contributed by atoms with Gasteiger partial charge in [0.05, 0.1) is 0 Å². The molecule has 0 radical (unpaired) electrons. The molecular weight excluding hydrogens is 230 g/mol. The highest BCUT2D eigenvalue weighted by Gasteiger charge is 2.40. The SMILES string of the molecule is O=C(O)CCCC(=O)N1CCC2(CCCCC2)C1. The molecule has 4 nitrogen and oxygen atoms in total. The maximum absolute atomic E-state index is 12.0. The van der Waals surface area contributed by atoms with Gasteiger partial charge in [-0.2, -0.15) is 0 Å². The molecule has 0 bridgehead atoms. The van der Waals surface area contributed by atoms with Crippen molar-refractivity contribution in [1.29, 1.82) is 0 Å². The van der Waals surface area contributed by atoms with E-state index in [9.17, 15) is 9.59 Å². The van der Waals surface area contributed by atoms with Crippen LogP contribution in [0.5, 0.6) is 0 Å². The van der Waals surface area contributed by atoms with E-state index in [2.05, 4.69) is 0 Å². The zero-order valence-electron chi connectivity index (χ0n) is 11.0. The molecule has 4 heteroatoms. The van der Waals surface area contributed by atoms with E-state index < -0.39 is 5.97 Å². The summed E-state index contributed by atoms with van der Waals surface area (Å²) in [4.78, 5) is 24.4. The minimum absolute atomic E-state index is 0.102. The van der Waals surface area contributed by atoms with Gasteiger partial charge in [0.1, 0.15) is 0 Å². The largest absolute Gasteiger partial charge is 0.481 e. The normalized spacial score (nSPS) is 22.3. The maximum Gasteiger partial charge on any atom is 0.303 e. The van der Waals surface area contributed by atoms with Crippen molar-refractivity contribution in [2.24, 2.45) is 5.41 Å². The van der Waals surface area contributed by atoms with Crippen LogP contribution in [0.4, 0.5) is 0 Å². The Morgan fingerprint density at radius 1 is 1.06 bits per heavy atom. The zero-order chi connectivity index (χ0) is 13.0. The number of hydrogen-bond donors (Lipinski definition) is 1. The Morgan fingerprint density at radius 2 is 1.78 bits per heavy atom. The van der Waals surface area contributed by atoms with Gasteiger partial charge >= 0.3 is 5.97 Å². The van der Waals surface area contributed by atoms with Crippen LogP contribution in [-0.4, -0.2) is 35.0 Å². The first-order chi connectivity index (χ1) is 8.61. The molecule has 1 saturated carbocycles. The van der Waals surface area contributed by atoms with Crippen molar-refractivity contribution in [3.63, 3.8) is 0 Å². The lowest BCUT2D eigenvalue weighted by atomic mass is 9.73. The van der Waals surface area contributed by atoms with Gasteiger partial charge in [0.25, 0.3) is 0 Å². The minimum Gasteiger partial charge on any atom is -0.481 e. The Labute approximate surface area is 108 Å². The summed E-state index contributed by atoms with van der Waals surface area (Å²) in [5, 5.41) is 8.57. The molecule has 1 aliphatic heterocycles. The lowest BCUT2D eigenvalue weighted by molar-refractivity contribution is -0.137. The van der Waals surface area contributed by atoms with Crippen LogP contribution >= 0.6 is 0 Å². The molecule has 2 rings (SSSR count). The summed E-state index contributed by atoms with van der Waals surface area (Å²) < 4.78 is 0. The van der Waals surface area contributed by atoms with Crippen LogP contribution in [0.1, 0.15) is 57.8 Å². The standard InChI is InChI=1S/C14H23NO3/c16-12(5-4-6-13(17)18)15-10-9-14(11-15)7-2-1-3-8-14/h1-11H2,(H,17,18). The Bertz CT molecular complexity index is 321. The molecule has 0 aromatic rings. The lowest BCUT2D eigenvalue weighted by Gasteiger charge is -2.33. The number of carbonyl (C=O) groups is 2. The van der Waals surface area contributed by atoms with Gasteiger partial charge in [-0.3, -0.25) is 9.59 Å². The van der Waals surface area contributed by atoms with Crippen molar-refractivity contribution in [3.8, 4) is 0 Å². The van der Waals surface area contributed by atoms with Crippen molar-refractivity contribution in [2.75, 3.05) is 13.1 Å². The molecule has 0 aromatic carbocycles. The second-order valence-corrected chi connectivity index (χ2v) is 5.87. The fraction of sp³-hybridized carbons (Fsp3) is 0.857. The number of carbonyl (C=O) groups excluding carboxylic acids is 1. The summed E-state index contributed by atoms with van der Waals surface area (Å²) in [5.41, 5.74) is 0.403. The smallest absolute Gasteiger partial charge is 0.303 e. The van der Waals surface area contributed by atoms with Gasteiger partial charge in [-0.15, -0.1) is 0 Å². The second kappa shape index (κ2) is 5.72. The number of hydrogen-bond acceptors (Lipinski definition) is 2. The van der Waals surface area contributed by atoms with E-state index in [1.165, 1.54) is 32.1 Å². The monoisotopic (exact) mass is 253 g/mol. The fourth-order valence-corrected chi connectivity index (χ4v) is 3.41. The molecule has 1 aliphatic carbocycles. The number of rotatable bonds is 4. The van der Waals surface area contributed by atoms with Crippen LogP contribution < -0.4 is 0 Å². The molecule has 1 amide bonds. The third-order valence-corrected chi connectivity index (χ3v) is 4.49. The van der Waals surface area contributed by atoms with E-state index in [1.807, 2.05) is 4.90 Å². The third-order valence-electron chi connectivity index (χ3n) is 4.49. The first kappa shape index (κ1) is 13.4. The van der Waals surface area contributed by atoms with Crippen LogP contribution in [0.25, 0.3) is 0 Å². The van der Waals surface area contributed by atoms with Crippen molar-refractivity contribution >= 4 is 11.9 Å². The van der Waals surface area contributed by atoms with Crippen molar-refractivity contribution < 1.29 is 14.7 Å². The molecule has 1 heterocycles. The first-order valence-electron chi connectivity index (χ1n) is 7.11. The van der Waals surface area contributed by atoms with Crippen LogP contribution in [0, 0.1) is 5.41 Å². The van der Waals surface area contributed by atoms with Crippen LogP contribution in [0.3, 0.4) is 0 Å². The molecule has 0 aromatic heterocycles. The van der Waals surface area contributed by atoms with E-state index in [0.717, 1.165) is 19.5 Å². The van der Waals surface area contributed by atoms with Gasteiger partial charge in [-0.1, -0.05) is 19.3 Å². The van der Waals surface area contributed by atoms with Crippen LogP contribution in [0.15, 0.2) is 0 Å². The number of aliphatic carboxylic acids is 1. The average molecular weight is 253 g/mol. The van der Waals surface area contributed by atoms with Crippen LogP contribution in [0.2, 0.25) is 0 Å². The Morgan fingerprint density at radius 3 is 2.44 bits per heavy atom. The molecule has 0 atom stereocenters. The highest BCUT2D eigenvalue weighted by Crippen LogP contribution is 2.43. The van der Waals surface area contributed by atoms with Gasteiger partial charge in [-0.05, 0) is 31.1 Å². The maximum atomic E-state index is 12.0. The molecule has 2 fully saturated rings. The van der Waals surface area contributed by atoms with E-state index in [4.69, 9.17) is 5.11 Å². The van der Waals surface area contributed by atoms with E-state index >= 15 is 0 Å². The summed E-state index contributed by atoms with van der Waals surface area (Å²) in [5.74, 6) is -0.660. The predicted molar refractivity (Wildman–Crippen MR) is 68.2 cm³/mol. The highest BCUT2D eigenvalue weighted by molar-refractivity contribution is 5.77. The van der Waals surface area contributed by atoms with Gasteiger partial charge in [-0.25, -0.2) is 0 Å². The predicted octanol–water partition coefficient (Wildman–Crippen LogP) is 2.42. The second-order valence-electron chi connectivity index (χ2n) is 5.87. The van der Waals surface area contributed by atoms with E-state index in [1.54, 1.807) is 0 Å². The van der Waals surface area contributed by atoms with E-state index in [0.29, 0.717) is 18.3 Å². The zero-order valence-corrected chi connectivity index (χ0v) is 11.0. The summed E-state index contributed by atoms with van der Waals surface area (Å²) in [6, 6.07) is 0. The molecule has 18 heavy (non-hydrogen) atoms. The van der Waals surface area contributed by atoms with Gasteiger partial charge in [0.15, 0.2) is 0 Å². The Hall–Kier alpha value is -1.06. The first-order valence-corrected chi connectivity index (χ1v) is 7.11. The Balaban J connectivity index is 1.77. The molecular formula is C14H23NO3. The quantitative estimate of drug-likeness (QED) is 0.837. The molecule has 102 valence electrons. The summed E-state index contributed by atoms with van der Waals surface area (Å²) >= 11 is 0. The number of likely N-dealkylation sites (tertiary alicyclic amines) is 1. The average Bonchev–Trinajstić information content (AvgIpc) is 2.73. The third kappa shape index (κ3) is 3.24. The topological polar surface area (TPSA) is 57.6 Å².